The summed E-state index contributed by atoms with van der Waals surface area (Å²) in [5.74, 6) is 0.200. The fourth-order valence-corrected chi connectivity index (χ4v) is 4.62. The standard InChI is InChI=1S/C21H25ClN8O5S/c1-12(18(35-3)19-23-9-13(22)10-24-19)36(32,33)29-21-28-27-20(15-5-4-6-17(26-15)34-2)30(21)11-16(31)25-14-7-8-14/h4-6,9-10,12,14,18H,7-8,11H2,1-3H3,(H,25,31)(H,28,29). The lowest BCUT2D eigenvalue weighted by Gasteiger charge is -2.22. The first kappa shape index (κ1) is 25.7. The molecule has 3 aromatic heterocycles. The molecule has 1 amide bonds. The Bertz CT molecular complexity index is 1330. The SMILES string of the molecule is COc1cccc(-c2nnc(NS(=O)(=O)C(C)C(OC)c3ncc(Cl)cn3)n2CC(=O)NC2CC2)n1. The Morgan fingerprint density at radius 3 is 2.58 bits per heavy atom. The molecule has 36 heavy (non-hydrogen) atoms. The van der Waals surface area contributed by atoms with Gasteiger partial charge >= 0.3 is 0 Å². The molecular weight excluding hydrogens is 512 g/mol. The van der Waals surface area contributed by atoms with Gasteiger partial charge in [0.1, 0.15) is 23.6 Å². The Labute approximate surface area is 212 Å². The maximum atomic E-state index is 13.3. The number of rotatable bonds is 11. The normalized spacial score (nSPS) is 15.2. The summed E-state index contributed by atoms with van der Waals surface area (Å²) >= 11 is 5.84. The van der Waals surface area contributed by atoms with Crippen LogP contribution in [-0.2, 0) is 26.1 Å². The van der Waals surface area contributed by atoms with E-state index in [-0.39, 0.29) is 36.1 Å². The van der Waals surface area contributed by atoms with Crippen molar-refractivity contribution >= 4 is 33.5 Å². The highest BCUT2D eigenvalue weighted by Crippen LogP contribution is 2.27. The second kappa shape index (κ2) is 10.7. The molecule has 1 aliphatic rings. The van der Waals surface area contributed by atoms with E-state index >= 15 is 0 Å². The molecule has 3 heterocycles. The second-order valence-electron chi connectivity index (χ2n) is 8.11. The van der Waals surface area contributed by atoms with Crippen molar-refractivity contribution in [2.24, 2.45) is 0 Å². The number of amides is 1. The first-order chi connectivity index (χ1) is 17.2. The van der Waals surface area contributed by atoms with Crippen LogP contribution in [0.3, 0.4) is 0 Å². The van der Waals surface area contributed by atoms with Crippen molar-refractivity contribution in [3.05, 3.63) is 41.4 Å². The first-order valence-electron chi connectivity index (χ1n) is 11.0. The molecule has 0 aliphatic heterocycles. The van der Waals surface area contributed by atoms with Crippen molar-refractivity contribution in [3.8, 4) is 17.4 Å². The van der Waals surface area contributed by atoms with Gasteiger partial charge in [-0.25, -0.2) is 23.4 Å². The van der Waals surface area contributed by atoms with Gasteiger partial charge in [0.25, 0.3) is 0 Å². The molecule has 2 unspecified atom stereocenters. The van der Waals surface area contributed by atoms with Crippen molar-refractivity contribution in [1.82, 2.24) is 35.0 Å². The molecule has 1 saturated carbocycles. The number of ether oxygens (including phenoxy) is 2. The number of sulfonamides is 1. The zero-order valence-electron chi connectivity index (χ0n) is 19.8. The lowest BCUT2D eigenvalue weighted by atomic mass is 10.2. The molecule has 0 spiro atoms. The number of pyridine rings is 1. The van der Waals surface area contributed by atoms with E-state index in [0.717, 1.165) is 12.8 Å². The zero-order valence-corrected chi connectivity index (χ0v) is 21.3. The number of carbonyl (C=O) groups is 1. The van der Waals surface area contributed by atoms with Crippen LogP contribution in [0.4, 0.5) is 5.95 Å². The van der Waals surface area contributed by atoms with E-state index in [1.54, 1.807) is 18.2 Å². The summed E-state index contributed by atoms with van der Waals surface area (Å²) in [5, 5.41) is 10.1. The van der Waals surface area contributed by atoms with Crippen LogP contribution in [0.15, 0.2) is 30.6 Å². The Morgan fingerprint density at radius 2 is 1.94 bits per heavy atom. The molecule has 192 valence electrons. The van der Waals surface area contributed by atoms with E-state index in [0.29, 0.717) is 16.6 Å². The number of nitrogens with one attached hydrogen (secondary N) is 2. The highest BCUT2D eigenvalue weighted by atomic mass is 35.5. The lowest BCUT2D eigenvalue weighted by Crippen LogP contribution is -2.34. The van der Waals surface area contributed by atoms with Crippen LogP contribution in [0.1, 0.15) is 31.7 Å². The van der Waals surface area contributed by atoms with Crippen molar-refractivity contribution in [2.75, 3.05) is 18.9 Å². The third kappa shape index (κ3) is 5.88. The van der Waals surface area contributed by atoms with Gasteiger partial charge in [0.2, 0.25) is 27.8 Å². The van der Waals surface area contributed by atoms with Crippen molar-refractivity contribution in [2.45, 2.75) is 43.7 Å². The number of hydrogen-bond acceptors (Lipinski definition) is 10. The maximum absolute atomic E-state index is 13.3. The number of carbonyl (C=O) groups excluding carboxylic acids is 1. The zero-order chi connectivity index (χ0) is 25.9. The van der Waals surface area contributed by atoms with Crippen LogP contribution in [0.5, 0.6) is 5.88 Å². The highest BCUT2D eigenvalue weighted by molar-refractivity contribution is 7.93. The smallest absolute Gasteiger partial charge is 0.240 e. The van der Waals surface area contributed by atoms with Gasteiger partial charge in [-0.05, 0) is 25.8 Å². The Kier molecular flexibility index (Phi) is 7.66. The molecular formula is C21H25ClN8O5S. The minimum absolute atomic E-state index is 0.120. The quantitative estimate of drug-likeness (QED) is 0.367. The van der Waals surface area contributed by atoms with Gasteiger partial charge in [-0.2, -0.15) is 0 Å². The number of nitrogens with zero attached hydrogens (tertiary/aromatic N) is 6. The van der Waals surface area contributed by atoms with Gasteiger partial charge in [0.05, 0.1) is 12.1 Å². The molecule has 1 fully saturated rings. The van der Waals surface area contributed by atoms with Gasteiger partial charge in [0, 0.05) is 31.6 Å². The average molecular weight is 537 g/mol. The van der Waals surface area contributed by atoms with Crippen LogP contribution < -0.4 is 14.8 Å². The van der Waals surface area contributed by atoms with E-state index in [4.69, 9.17) is 21.1 Å². The topological polar surface area (TPSA) is 163 Å². The summed E-state index contributed by atoms with van der Waals surface area (Å²) in [6, 6.07) is 5.13. The van der Waals surface area contributed by atoms with Crippen molar-refractivity contribution < 1.29 is 22.7 Å². The predicted octanol–water partition coefficient (Wildman–Crippen LogP) is 1.59. The molecule has 0 aromatic carbocycles. The van der Waals surface area contributed by atoms with Crippen molar-refractivity contribution in [1.29, 1.82) is 0 Å². The third-order valence-electron chi connectivity index (χ3n) is 5.45. The van der Waals surface area contributed by atoms with Gasteiger partial charge in [-0.1, -0.05) is 17.7 Å². The van der Waals surface area contributed by atoms with E-state index in [9.17, 15) is 13.2 Å². The summed E-state index contributed by atoms with van der Waals surface area (Å²) < 4.78 is 41.0. The van der Waals surface area contributed by atoms with Gasteiger partial charge < -0.3 is 14.8 Å². The van der Waals surface area contributed by atoms with Gasteiger partial charge in [-0.3, -0.25) is 14.1 Å². The largest absolute Gasteiger partial charge is 0.481 e. The molecule has 13 nitrogen and oxygen atoms in total. The first-order valence-corrected chi connectivity index (χ1v) is 12.9. The maximum Gasteiger partial charge on any atom is 0.240 e. The van der Waals surface area contributed by atoms with E-state index in [2.05, 4.69) is 35.2 Å². The van der Waals surface area contributed by atoms with Crippen LogP contribution in [0.2, 0.25) is 5.02 Å². The Balaban J connectivity index is 1.65. The molecule has 2 atom stereocenters. The number of halogens is 1. The number of methoxy groups -OCH3 is 2. The van der Waals surface area contributed by atoms with Crippen LogP contribution in [0.25, 0.3) is 11.5 Å². The summed E-state index contributed by atoms with van der Waals surface area (Å²) in [7, 11) is -1.30. The molecule has 1 aliphatic carbocycles. The number of aromatic nitrogens is 6. The minimum Gasteiger partial charge on any atom is -0.481 e. The lowest BCUT2D eigenvalue weighted by molar-refractivity contribution is -0.121. The summed E-state index contributed by atoms with van der Waals surface area (Å²) in [6.45, 7) is 1.22. The summed E-state index contributed by atoms with van der Waals surface area (Å²) in [6.07, 6.45) is 3.51. The van der Waals surface area contributed by atoms with Crippen LogP contribution in [0, 0.1) is 0 Å². The second-order valence-corrected chi connectivity index (χ2v) is 10.6. The number of hydrogen-bond donors (Lipinski definition) is 2. The molecule has 0 bridgehead atoms. The van der Waals surface area contributed by atoms with E-state index in [1.807, 2.05) is 0 Å². The summed E-state index contributed by atoms with van der Waals surface area (Å²) in [5.41, 5.74) is 0.351. The Morgan fingerprint density at radius 1 is 1.22 bits per heavy atom. The number of anilines is 1. The molecule has 2 N–H and O–H groups in total. The third-order valence-corrected chi connectivity index (χ3v) is 7.34. The molecule has 4 rings (SSSR count). The van der Waals surface area contributed by atoms with Crippen molar-refractivity contribution in [3.63, 3.8) is 0 Å². The molecule has 0 saturated heterocycles. The van der Waals surface area contributed by atoms with Crippen LogP contribution in [-0.4, -0.2) is 69.6 Å². The minimum atomic E-state index is -4.12. The van der Waals surface area contributed by atoms with E-state index < -0.39 is 21.4 Å². The van der Waals surface area contributed by atoms with E-state index in [1.165, 1.54) is 38.1 Å². The molecule has 3 aromatic rings. The molecule has 0 radical (unpaired) electrons. The highest BCUT2D eigenvalue weighted by Gasteiger charge is 2.34. The average Bonchev–Trinajstić information content (AvgIpc) is 3.60. The Hall–Kier alpha value is -3.36. The predicted molar refractivity (Wildman–Crippen MR) is 130 cm³/mol. The fraction of sp³-hybridized carbons (Fsp3) is 0.429. The van der Waals surface area contributed by atoms with Gasteiger partial charge in [-0.15, -0.1) is 10.2 Å². The molecule has 15 heteroatoms. The van der Waals surface area contributed by atoms with Gasteiger partial charge in [0.15, 0.2) is 11.6 Å². The van der Waals surface area contributed by atoms with Crippen LogP contribution >= 0.6 is 11.6 Å². The summed E-state index contributed by atoms with van der Waals surface area (Å²) in [4.78, 5) is 25.1. The monoisotopic (exact) mass is 536 g/mol. The fourth-order valence-electron chi connectivity index (χ4n) is 3.37.